The molecule has 0 radical (unpaired) electrons. The van der Waals surface area contributed by atoms with Crippen molar-refractivity contribution >= 4 is 5.91 Å². The molecule has 0 spiro atoms. The second-order valence-electron chi connectivity index (χ2n) is 5.20. The molecule has 2 N–H and O–H groups in total. The van der Waals surface area contributed by atoms with Crippen LogP contribution in [0.25, 0.3) is 0 Å². The van der Waals surface area contributed by atoms with Gasteiger partial charge in [0.25, 0.3) is 5.91 Å². The van der Waals surface area contributed by atoms with E-state index in [0.29, 0.717) is 11.3 Å². The van der Waals surface area contributed by atoms with Gasteiger partial charge in [-0.2, -0.15) is 5.10 Å². The molecular formula is C15H18FN3O3. The molecule has 1 heterocycles. The lowest BCUT2D eigenvalue weighted by Crippen LogP contribution is -2.38. The van der Waals surface area contributed by atoms with Gasteiger partial charge in [-0.15, -0.1) is 0 Å². The SMILES string of the molecule is COc1ccc(C(=O)NCC(C)(O)c2cnn(C)c2)c(F)c1. The van der Waals surface area contributed by atoms with Gasteiger partial charge in [-0.1, -0.05) is 0 Å². The molecule has 0 saturated heterocycles. The second-order valence-corrected chi connectivity index (χ2v) is 5.20. The third-order valence-corrected chi connectivity index (χ3v) is 3.34. The fourth-order valence-corrected chi connectivity index (χ4v) is 1.96. The molecule has 1 aromatic carbocycles. The number of hydrogen-bond acceptors (Lipinski definition) is 4. The van der Waals surface area contributed by atoms with E-state index in [1.165, 1.54) is 25.4 Å². The quantitative estimate of drug-likeness (QED) is 0.870. The number of nitrogens with one attached hydrogen (secondary N) is 1. The molecule has 1 aromatic heterocycles. The number of methoxy groups -OCH3 is 1. The first-order chi connectivity index (χ1) is 10.3. The number of halogens is 1. The van der Waals surface area contributed by atoms with Crippen molar-refractivity contribution in [2.24, 2.45) is 7.05 Å². The molecule has 1 amide bonds. The van der Waals surface area contributed by atoms with Gasteiger partial charge in [0, 0.05) is 24.9 Å². The van der Waals surface area contributed by atoms with E-state index in [1.54, 1.807) is 24.9 Å². The highest BCUT2D eigenvalue weighted by molar-refractivity contribution is 5.94. The maximum absolute atomic E-state index is 13.8. The van der Waals surface area contributed by atoms with Crippen molar-refractivity contribution in [2.45, 2.75) is 12.5 Å². The lowest BCUT2D eigenvalue weighted by molar-refractivity contribution is 0.0524. The Kier molecular flexibility index (Phi) is 4.46. The summed E-state index contributed by atoms with van der Waals surface area (Å²) in [5.74, 6) is -0.960. The van der Waals surface area contributed by atoms with Crippen LogP contribution in [0, 0.1) is 5.82 Å². The summed E-state index contributed by atoms with van der Waals surface area (Å²) in [6.07, 6.45) is 3.17. The summed E-state index contributed by atoms with van der Waals surface area (Å²) < 4.78 is 20.3. The van der Waals surface area contributed by atoms with E-state index >= 15 is 0 Å². The maximum Gasteiger partial charge on any atom is 0.254 e. The van der Waals surface area contributed by atoms with Gasteiger partial charge in [0.1, 0.15) is 17.2 Å². The molecule has 1 unspecified atom stereocenters. The lowest BCUT2D eigenvalue weighted by Gasteiger charge is -2.22. The van der Waals surface area contributed by atoms with Crippen molar-refractivity contribution in [3.8, 4) is 5.75 Å². The zero-order valence-corrected chi connectivity index (χ0v) is 12.6. The molecule has 0 bridgehead atoms. The summed E-state index contributed by atoms with van der Waals surface area (Å²) in [4.78, 5) is 12.0. The average molecular weight is 307 g/mol. The first kappa shape index (κ1) is 16.0. The smallest absolute Gasteiger partial charge is 0.254 e. The molecule has 0 aliphatic carbocycles. The Balaban J connectivity index is 2.06. The number of aromatic nitrogens is 2. The number of rotatable bonds is 5. The third kappa shape index (κ3) is 3.43. The minimum atomic E-state index is -1.30. The van der Waals surface area contributed by atoms with Gasteiger partial charge in [0.05, 0.1) is 25.4 Å². The Hall–Kier alpha value is -2.41. The van der Waals surface area contributed by atoms with Crippen LogP contribution in [-0.2, 0) is 12.6 Å². The van der Waals surface area contributed by atoms with Gasteiger partial charge in [-0.25, -0.2) is 4.39 Å². The Labute approximate surface area is 127 Å². The number of aliphatic hydroxyl groups is 1. The van der Waals surface area contributed by atoms with Crippen LogP contribution in [0.5, 0.6) is 5.75 Å². The van der Waals surface area contributed by atoms with Gasteiger partial charge in [-0.05, 0) is 19.1 Å². The Morgan fingerprint density at radius 3 is 2.82 bits per heavy atom. The Bertz CT molecular complexity index is 682. The molecular weight excluding hydrogens is 289 g/mol. The molecule has 0 saturated carbocycles. The fraction of sp³-hybridized carbons (Fsp3) is 0.333. The molecule has 0 fully saturated rings. The summed E-state index contributed by atoms with van der Waals surface area (Å²) in [6.45, 7) is 1.48. The Morgan fingerprint density at radius 2 is 2.27 bits per heavy atom. The topological polar surface area (TPSA) is 76.4 Å². The number of carbonyl (C=O) groups excluding carboxylic acids is 1. The second kappa shape index (κ2) is 6.15. The van der Waals surface area contributed by atoms with Crippen molar-refractivity contribution in [1.29, 1.82) is 0 Å². The molecule has 2 rings (SSSR count). The standard InChI is InChI=1S/C15H18FN3O3/c1-15(21,10-7-18-19(2)8-10)9-17-14(20)12-5-4-11(22-3)6-13(12)16/h4-8,21H,9H2,1-3H3,(H,17,20). The van der Waals surface area contributed by atoms with Gasteiger partial charge < -0.3 is 15.2 Å². The monoisotopic (exact) mass is 307 g/mol. The number of ether oxygens (including phenoxy) is 1. The van der Waals surface area contributed by atoms with Crippen LogP contribution in [0.3, 0.4) is 0 Å². The molecule has 1 atom stereocenters. The van der Waals surface area contributed by atoms with E-state index in [2.05, 4.69) is 10.4 Å². The Morgan fingerprint density at radius 1 is 1.55 bits per heavy atom. The zero-order valence-electron chi connectivity index (χ0n) is 12.6. The molecule has 22 heavy (non-hydrogen) atoms. The van der Waals surface area contributed by atoms with E-state index in [9.17, 15) is 14.3 Å². The van der Waals surface area contributed by atoms with Crippen LogP contribution >= 0.6 is 0 Å². The molecule has 0 aliphatic rings. The third-order valence-electron chi connectivity index (χ3n) is 3.34. The van der Waals surface area contributed by atoms with Crippen molar-refractivity contribution in [3.05, 3.63) is 47.5 Å². The first-order valence-electron chi connectivity index (χ1n) is 6.67. The minimum absolute atomic E-state index is 0.0665. The van der Waals surface area contributed by atoms with Crippen LogP contribution in [0.4, 0.5) is 4.39 Å². The summed E-state index contributed by atoms with van der Waals surface area (Å²) >= 11 is 0. The van der Waals surface area contributed by atoms with Gasteiger partial charge >= 0.3 is 0 Å². The summed E-state index contributed by atoms with van der Waals surface area (Å²) in [7, 11) is 3.14. The number of benzene rings is 1. The summed E-state index contributed by atoms with van der Waals surface area (Å²) in [5.41, 5.74) is -0.847. The average Bonchev–Trinajstić information content (AvgIpc) is 2.92. The van der Waals surface area contributed by atoms with E-state index in [4.69, 9.17) is 4.74 Å². The van der Waals surface area contributed by atoms with Crippen molar-refractivity contribution < 1.29 is 19.0 Å². The van der Waals surface area contributed by atoms with Crippen molar-refractivity contribution in [3.63, 3.8) is 0 Å². The van der Waals surface area contributed by atoms with Crippen LogP contribution in [0.2, 0.25) is 0 Å². The highest BCUT2D eigenvalue weighted by Crippen LogP contribution is 2.20. The van der Waals surface area contributed by atoms with Crippen LogP contribution in [-0.4, -0.2) is 34.4 Å². The molecule has 0 aliphatic heterocycles. The molecule has 2 aromatic rings. The van der Waals surface area contributed by atoms with Gasteiger partial charge in [0.2, 0.25) is 0 Å². The summed E-state index contributed by atoms with van der Waals surface area (Å²) in [6, 6.07) is 3.97. The largest absolute Gasteiger partial charge is 0.497 e. The van der Waals surface area contributed by atoms with Crippen molar-refractivity contribution in [2.75, 3.05) is 13.7 Å². The number of aryl methyl sites for hydroxylation is 1. The zero-order chi connectivity index (χ0) is 16.3. The first-order valence-corrected chi connectivity index (χ1v) is 6.67. The lowest BCUT2D eigenvalue weighted by atomic mass is 9.99. The molecule has 7 heteroatoms. The summed E-state index contributed by atoms with van der Waals surface area (Å²) in [5, 5.41) is 16.9. The van der Waals surface area contributed by atoms with E-state index in [-0.39, 0.29) is 12.1 Å². The number of hydrogen-bond donors (Lipinski definition) is 2. The van der Waals surface area contributed by atoms with Crippen LogP contribution in [0.15, 0.2) is 30.6 Å². The van der Waals surface area contributed by atoms with Gasteiger partial charge in [-0.3, -0.25) is 9.48 Å². The molecule has 118 valence electrons. The number of carbonyl (C=O) groups is 1. The van der Waals surface area contributed by atoms with E-state index in [0.717, 1.165) is 6.07 Å². The fourth-order valence-electron chi connectivity index (χ4n) is 1.96. The minimum Gasteiger partial charge on any atom is -0.497 e. The van der Waals surface area contributed by atoms with Crippen molar-refractivity contribution in [1.82, 2.24) is 15.1 Å². The normalized spacial score (nSPS) is 13.5. The predicted molar refractivity (Wildman–Crippen MR) is 78.1 cm³/mol. The predicted octanol–water partition coefficient (Wildman–Crippen LogP) is 1.21. The molecule has 6 nitrogen and oxygen atoms in total. The van der Waals surface area contributed by atoms with Crippen LogP contribution < -0.4 is 10.1 Å². The van der Waals surface area contributed by atoms with E-state index < -0.39 is 17.3 Å². The highest BCUT2D eigenvalue weighted by atomic mass is 19.1. The maximum atomic E-state index is 13.8. The van der Waals surface area contributed by atoms with E-state index in [1.807, 2.05) is 0 Å². The number of amides is 1. The highest BCUT2D eigenvalue weighted by Gasteiger charge is 2.26. The van der Waals surface area contributed by atoms with Crippen LogP contribution in [0.1, 0.15) is 22.8 Å². The number of nitrogens with zero attached hydrogens (tertiary/aromatic N) is 2. The van der Waals surface area contributed by atoms with Gasteiger partial charge in [0.15, 0.2) is 0 Å².